The van der Waals surface area contributed by atoms with Crippen LogP contribution in [0.1, 0.15) is 24.0 Å². The van der Waals surface area contributed by atoms with Crippen molar-refractivity contribution in [2.24, 2.45) is 5.92 Å². The van der Waals surface area contributed by atoms with Crippen molar-refractivity contribution in [3.05, 3.63) is 35.4 Å². The fraction of sp³-hybridized carbons (Fsp3) is 0.438. The van der Waals surface area contributed by atoms with Crippen LogP contribution >= 0.6 is 0 Å². The molecule has 0 bridgehead atoms. The molecule has 0 aromatic heterocycles. The lowest BCUT2D eigenvalue weighted by Gasteiger charge is -2.17. The van der Waals surface area contributed by atoms with E-state index in [0.29, 0.717) is 5.75 Å². The van der Waals surface area contributed by atoms with Crippen LogP contribution in [0.5, 0.6) is 5.75 Å². The van der Waals surface area contributed by atoms with Crippen LogP contribution in [0, 0.1) is 5.92 Å². The molecule has 1 aliphatic carbocycles. The highest BCUT2D eigenvalue weighted by molar-refractivity contribution is 5.85. The molecular formula is C16H21NO3. The van der Waals surface area contributed by atoms with Gasteiger partial charge in [0.05, 0.1) is 7.11 Å². The molecule has 0 atom stereocenters. The van der Waals surface area contributed by atoms with Crippen LogP contribution in [0.3, 0.4) is 0 Å². The van der Waals surface area contributed by atoms with E-state index in [-0.39, 0.29) is 0 Å². The highest BCUT2D eigenvalue weighted by atomic mass is 16.5. The Bertz CT molecular complexity index is 506. The summed E-state index contributed by atoms with van der Waals surface area (Å²) >= 11 is 0. The van der Waals surface area contributed by atoms with E-state index in [1.54, 1.807) is 13.2 Å². The first kappa shape index (κ1) is 14.6. The molecule has 2 rings (SSSR count). The van der Waals surface area contributed by atoms with E-state index in [0.717, 1.165) is 30.6 Å². The van der Waals surface area contributed by atoms with Gasteiger partial charge in [0.1, 0.15) is 5.75 Å². The number of carboxylic acid groups (broad SMARTS) is 1. The molecule has 4 nitrogen and oxygen atoms in total. The molecule has 0 aliphatic heterocycles. The van der Waals surface area contributed by atoms with Gasteiger partial charge in [-0.1, -0.05) is 6.07 Å². The van der Waals surface area contributed by atoms with Gasteiger partial charge in [-0.05, 0) is 49.6 Å². The summed E-state index contributed by atoms with van der Waals surface area (Å²) in [5.41, 5.74) is 1.96. The van der Waals surface area contributed by atoms with Gasteiger partial charge in [-0.3, -0.25) is 0 Å². The molecule has 1 N–H and O–H groups in total. The zero-order valence-electron chi connectivity index (χ0n) is 12.0. The maximum atomic E-state index is 10.6. The van der Waals surface area contributed by atoms with Gasteiger partial charge in [0.25, 0.3) is 0 Å². The molecule has 0 heterocycles. The van der Waals surface area contributed by atoms with E-state index in [9.17, 15) is 4.79 Å². The van der Waals surface area contributed by atoms with Crippen LogP contribution in [0.4, 0.5) is 0 Å². The maximum Gasteiger partial charge on any atom is 0.328 e. The van der Waals surface area contributed by atoms with Crippen molar-refractivity contribution < 1.29 is 14.6 Å². The van der Waals surface area contributed by atoms with Gasteiger partial charge in [-0.2, -0.15) is 0 Å². The Morgan fingerprint density at radius 3 is 2.85 bits per heavy atom. The molecule has 1 saturated carbocycles. The van der Waals surface area contributed by atoms with E-state index < -0.39 is 5.97 Å². The summed E-state index contributed by atoms with van der Waals surface area (Å²) in [6.07, 6.45) is 5.40. The second-order valence-electron chi connectivity index (χ2n) is 5.39. The number of hydrogen-bond acceptors (Lipinski definition) is 3. The van der Waals surface area contributed by atoms with Crippen molar-refractivity contribution >= 4 is 12.0 Å². The highest BCUT2D eigenvalue weighted by Gasteiger charge is 2.22. The number of rotatable bonds is 7. The van der Waals surface area contributed by atoms with E-state index >= 15 is 0 Å². The van der Waals surface area contributed by atoms with Crippen molar-refractivity contribution in [2.45, 2.75) is 19.4 Å². The molecule has 1 fully saturated rings. The molecular weight excluding hydrogens is 254 g/mol. The van der Waals surface area contributed by atoms with Crippen LogP contribution < -0.4 is 4.74 Å². The number of hydrogen-bond donors (Lipinski definition) is 1. The summed E-state index contributed by atoms with van der Waals surface area (Å²) in [6, 6.07) is 5.91. The molecule has 4 heteroatoms. The Balaban J connectivity index is 2.08. The number of carbonyl (C=O) groups is 1. The SMILES string of the molecule is COc1ccc(CN(C)CC2CC2)cc1C=CC(=O)O. The Labute approximate surface area is 119 Å². The lowest BCUT2D eigenvalue weighted by Crippen LogP contribution is -2.20. The van der Waals surface area contributed by atoms with Crippen molar-refractivity contribution in [2.75, 3.05) is 20.7 Å². The minimum absolute atomic E-state index is 0.691. The maximum absolute atomic E-state index is 10.6. The van der Waals surface area contributed by atoms with Gasteiger partial charge in [0, 0.05) is 24.7 Å². The smallest absolute Gasteiger partial charge is 0.328 e. The average molecular weight is 275 g/mol. The topological polar surface area (TPSA) is 49.8 Å². The summed E-state index contributed by atoms with van der Waals surface area (Å²) < 4.78 is 5.25. The van der Waals surface area contributed by atoms with E-state index in [1.165, 1.54) is 18.4 Å². The van der Waals surface area contributed by atoms with Crippen LogP contribution in [-0.2, 0) is 11.3 Å². The van der Waals surface area contributed by atoms with Crippen molar-refractivity contribution in [1.82, 2.24) is 4.90 Å². The third-order valence-corrected chi connectivity index (χ3v) is 3.42. The van der Waals surface area contributed by atoms with Crippen molar-refractivity contribution in [1.29, 1.82) is 0 Å². The normalized spacial score (nSPS) is 14.9. The Hall–Kier alpha value is -1.81. The van der Waals surface area contributed by atoms with Crippen molar-refractivity contribution in [3.8, 4) is 5.75 Å². The van der Waals surface area contributed by atoms with Gasteiger partial charge in [-0.15, -0.1) is 0 Å². The summed E-state index contributed by atoms with van der Waals surface area (Å²) in [5.74, 6) is 0.601. The Morgan fingerprint density at radius 1 is 1.50 bits per heavy atom. The van der Waals surface area contributed by atoms with Crippen LogP contribution in [0.2, 0.25) is 0 Å². The molecule has 0 radical (unpaired) electrons. The third-order valence-electron chi connectivity index (χ3n) is 3.42. The number of aliphatic carboxylic acids is 1. The summed E-state index contributed by atoms with van der Waals surface area (Å²) in [7, 11) is 3.71. The Kier molecular flexibility index (Phi) is 4.79. The molecule has 20 heavy (non-hydrogen) atoms. The van der Waals surface area contributed by atoms with Crippen molar-refractivity contribution in [3.63, 3.8) is 0 Å². The zero-order valence-corrected chi connectivity index (χ0v) is 12.0. The lowest BCUT2D eigenvalue weighted by molar-refractivity contribution is -0.131. The van der Waals surface area contributed by atoms with Gasteiger partial charge < -0.3 is 14.7 Å². The van der Waals surface area contributed by atoms with Gasteiger partial charge in [-0.25, -0.2) is 4.79 Å². The quantitative estimate of drug-likeness (QED) is 0.777. The predicted octanol–water partition coefficient (Wildman–Crippen LogP) is 2.63. The number of ether oxygens (including phenoxy) is 1. The van der Waals surface area contributed by atoms with Gasteiger partial charge in [0.2, 0.25) is 0 Å². The molecule has 1 aliphatic rings. The van der Waals surface area contributed by atoms with E-state index in [2.05, 4.69) is 11.9 Å². The monoisotopic (exact) mass is 275 g/mol. The molecule has 1 aromatic carbocycles. The fourth-order valence-electron chi connectivity index (χ4n) is 2.29. The molecule has 0 amide bonds. The summed E-state index contributed by atoms with van der Waals surface area (Å²) in [5, 5.41) is 8.72. The first-order valence-corrected chi connectivity index (χ1v) is 6.85. The van der Waals surface area contributed by atoms with Gasteiger partial charge in [0.15, 0.2) is 0 Å². The number of benzene rings is 1. The minimum atomic E-state index is -0.955. The fourth-order valence-corrected chi connectivity index (χ4v) is 2.29. The van der Waals surface area contributed by atoms with E-state index in [1.807, 2.05) is 18.2 Å². The Morgan fingerprint density at radius 2 is 2.25 bits per heavy atom. The molecule has 108 valence electrons. The average Bonchev–Trinajstić information content (AvgIpc) is 3.20. The van der Waals surface area contributed by atoms with Crippen LogP contribution in [0.25, 0.3) is 6.08 Å². The lowest BCUT2D eigenvalue weighted by atomic mass is 10.1. The first-order chi connectivity index (χ1) is 9.58. The van der Waals surface area contributed by atoms with E-state index in [4.69, 9.17) is 9.84 Å². The predicted molar refractivity (Wildman–Crippen MR) is 78.7 cm³/mol. The summed E-state index contributed by atoms with van der Waals surface area (Å²) in [4.78, 5) is 12.9. The largest absolute Gasteiger partial charge is 0.496 e. The minimum Gasteiger partial charge on any atom is -0.496 e. The van der Waals surface area contributed by atoms with Gasteiger partial charge >= 0.3 is 5.97 Å². The summed E-state index contributed by atoms with van der Waals surface area (Å²) in [6.45, 7) is 2.00. The molecule has 0 saturated heterocycles. The first-order valence-electron chi connectivity index (χ1n) is 6.85. The van der Waals surface area contributed by atoms with Crippen LogP contribution in [-0.4, -0.2) is 36.7 Å². The second kappa shape index (κ2) is 6.57. The molecule has 0 unspecified atom stereocenters. The number of nitrogens with zero attached hydrogens (tertiary/aromatic N) is 1. The number of methoxy groups -OCH3 is 1. The second-order valence-corrected chi connectivity index (χ2v) is 5.39. The highest BCUT2D eigenvalue weighted by Crippen LogP contribution is 2.30. The third kappa shape index (κ3) is 4.38. The zero-order chi connectivity index (χ0) is 14.5. The van der Waals surface area contributed by atoms with Crippen LogP contribution in [0.15, 0.2) is 24.3 Å². The number of carboxylic acids is 1. The molecule has 1 aromatic rings. The standard InChI is InChI=1S/C16H21NO3/c1-17(10-12-3-4-12)11-13-5-7-15(20-2)14(9-13)6-8-16(18)19/h5-9,12H,3-4,10-11H2,1-2H3,(H,18,19). The molecule has 0 spiro atoms.